The fraction of sp³-hybridized carbons (Fsp3) is 0.400. The van der Waals surface area contributed by atoms with Crippen molar-refractivity contribution in [3.8, 4) is 5.75 Å². The molecule has 1 saturated heterocycles. The molecular weight excluding hydrogens is 316 g/mol. The van der Waals surface area contributed by atoms with Crippen LogP contribution in [-0.2, 0) is 17.8 Å². The van der Waals surface area contributed by atoms with Crippen LogP contribution in [0.1, 0.15) is 11.1 Å². The molecule has 2 N–H and O–H groups in total. The van der Waals surface area contributed by atoms with Gasteiger partial charge in [0.25, 0.3) is 0 Å². The number of anilines is 1. The Morgan fingerprint density at radius 1 is 0.960 bits per heavy atom. The van der Waals surface area contributed by atoms with E-state index in [0.717, 1.165) is 50.7 Å². The Balaban J connectivity index is 1.61. The second-order valence-electron chi connectivity index (χ2n) is 6.01. The summed E-state index contributed by atoms with van der Waals surface area (Å²) in [6.45, 7) is 5.31. The van der Waals surface area contributed by atoms with Crippen LogP contribution in [0, 0.1) is 0 Å². The number of rotatable bonds is 8. The second-order valence-corrected chi connectivity index (χ2v) is 6.01. The fourth-order valence-electron chi connectivity index (χ4n) is 3.05. The molecule has 2 aromatic carbocycles. The lowest BCUT2D eigenvalue weighted by molar-refractivity contribution is 0.122. The average Bonchev–Trinajstić information content (AvgIpc) is 2.68. The van der Waals surface area contributed by atoms with Crippen LogP contribution >= 0.6 is 0 Å². The molecule has 0 aromatic heterocycles. The van der Waals surface area contributed by atoms with E-state index in [0.29, 0.717) is 6.61 Å². The van der Waals surface area contributed by atoms with E-state index in [4.69, 9.17) is 14.6 Å². The van der Waals surface area contributed by atoms with Gasteiger partial charge in [-0.15, -0.1) is 0 Å². The minimum atomic E-state index is 0.0225. The summed E-state index contributed by atoms with van der Waals surface area (Å²) in [5, 5.41) is 12.5. The largest absolute Gasteiger partial charge is 0.491 e. The zero-order valence-electron chi connectivity index (χ0n) is 14.5. The highest BCUT2D eigenvalue weighted by Crippen LogP contribution is 2.22. The van der Waals surface area contributed by atoms with Crippen LogP contribution in [0.15, 0.2) is 48.5 Å². The van der Waals surface area contributed by atoms with Crippen LogP contribution in [0.2, 0.25) is 0 Å². The van der Waals surface area contributed by atoms with E-state index in [9.17, 15) is 0 Å². The molecule has 3 rings (SSSR count). The Labute approximate surface area is 149 Å². The lowest BCUT2D eigenvalue weighted by atomic mass is 10.1. The van der Waals surface area contributed by atoms with Crippen molar-refractivity contribution in [2.24, 2.45) is 0 Å². The minimum Gasteiger partial charge on any atom is -0.491 e. The third-order valence-electron chi connectivity index (χ3n) is 4.30. The third kappa shape index (κ3) is 4.95. The van der Waals surface area contributed by atoms with Gasteiger partial charge in [0.05, 0.1) is 19.8 Å². The molecule has 0 radical (unpaired) electrons. The molecule has 0 amide bonds. The molecule has 2 aromatic rings. The summed E-state index contributed by atoms with van der Waals surface area (Å²) in [7, 11) is 0. The van der Waals surface area contributed by atoms with Gasteiger partial charge in [-0.25, -0.2) is 0 Å². The summed E-state index contributed by atoms with van der Waals surface area (Å²) < 4.78 is 11.1. The Bertz CT molecular complexity index is 657. The Morgan fingerprint density at radius 2 is 1.64 bits per heavy atom. The van der Waals surface area contributed by atoms with Crippen molar-refractivity contribution < 1.29 is 14.6 Å². The summed E-state index contributed by atoms with van der Waals surface area (Å²) in [5.74, 6) is 0.825. The van der Waals surface area contributed by atoms with Gasteiger partial charge >= 0.3 is 0 Å². The number of ether oxygens (including phenoxy) is 2. The molecule has 1 aliphatic rings. The van der Waals surface area contributed by atoms with E-state index in [2.05, 4.69) is 34.5 Å². The summed E-state index contributed by atoms with van der Waals surface area (Å²) in [5.41, 5.74) is 3.67. The lowest BCUT2D eigenvalue weighted by Gasteiger charge is -2.30. The maximum atomic E-state index is 8.94. The predicted molar refractivity (Wildman–Crippen MR) is 99.0 cm³/mol. The molecule has 0 aliphatic carbocycles. The smallest absolute Gasteiger partial charge is 0.123 e. The number of aliphatic hydroxyl groups is 1. The molecule has 1 heterocycles. The van der Waals surface area contributed by atoms with Gasteiger partial charge in [0, 0.05) is 37.4 Å². The Morgan fingerprint density at radius 3 is 2.44 bits per heavy atom. The standard InChI is InChI=1S/C20H26N2O3/c23-11-14-25-20-8-4-2-6-18(20)16-21-15-17-5-1-3-7-19(17)22-9-12-24-13-10-22/h1-8,21,23H,9-16H2. The Hall–Kier alpha value is -2.08. The van der Waals surface area contributed by atoms with Crippen molar-refractivity contribution in [1.82, 2.24) is 5.32 Å². The normalized spacial score (nSPS) is 14.5. The SMILES string of the molecule is OCCOc1ccccc1CNCc1ccccc1N1CCOCC1. The van der Waals surface area contributed by atoms with Gasteiger partial charge in [0.1, 0.15) is 12.4 Å². The van der Waals surface area contributed by atoms with Crippen molar-refractivity contribution in [3.63, 3.8) is 0 Å². The Kier molecular flexibility index (Phi) is 6.68. The highest BCUT2D eigenvalue weighted by Gasteiger charge is 2.14. The lowest BCUT2D eigenvalue weighted by Crippen LogP contribution is -2.37. The van der Waals surface area contributed by atoms with E-state index in [1.165, 1.54) is 11.3 Å². The fourth-order valence-corrected chi connectivity index (χ4v) is 3.05. The van der Waals surface area contributed by atoms with Gasteiger partial charge in [0.2, 0.25) is 0 Å². The number of nitrogens with one attached hydrogen (secondary N) is 1. The average molecular weight is 342 g/mol. The van der Waals surface area contributed by atoms with Gasteiger partial charge in [-0.05, 0) is 17.7 Å². The monoisotopic (exact) mass is 342 g/mol. The second kappa shape index (κ2) is 9.42. The molecule has 134 valence electrons. The van der Waals surface area contributed by atoms with Gasteiger partial charge in [-0.3, -0.25) is 0 Å². The quantitative estimate of drug-likeness (QED) is 0.770. The van der Waals surface area contributed by atoms with Crippen LogP contribution in [-0.4, -0.2) is 44.6 Å². The van der Waals surface area contributed by atoms with Gasteiger partial charge in [-0.1, -0.05) is 36.4 Å². The van der Waals surface area contributed by atoms with Crippen LogP contribution in [0.5, 0.6) is 5.75 Å². The molecule has 5 nitrogen and oxygen atoms in total. The van der Waals surface area contributed by atoms with Crippen molar-refractivity contribution in [3.05, 3.63) is 59.7 Å². The first-order valence-electron chi connectivity index (χ1n) is 8.81. The van der Waals surface area contributed by atoms with E-state index in [-0.39, 0.29) is 6.61 Å². The molecule has 1 aliphatic heterocycles. The van der Waals surface area contributed by atoms with Gasteiger partial charge in [-0.2, -0.15) is 0 Å². The first-order chi connectivity index (χ1) is 12.4. The zero-order chi connectivity index (χ0) is 17.3. The minimum absolute atomic E-state index is 0.0225. The van der Waals surface area contributed by atoms with E-state index in [1.54, 1.807) is 0 Å². The van der Waals surface area contributed by atoms with Gasteiger partial charge < -0.3 is 24.8 Å². The van der Waals surface area contributed by atoms with Crippen LogP contribution in [0.3, 0.4) is 0 Å². The van der Waals surface area contributed by atoms with E-state index < -0.39 is 0 Å². The van der Waals surface area contributed by atoms with Crippen molar-refractivity contribution in [1.29, 1.82) is 0 Å². The molecule has 5 heteroatoms. The number of benzene rings is 2. The number of morpholine rings is 1. The van der Waals surface area contributed by atoms with Crippen LogP contribution in [0.25, 0.3) is 0 Å². The number of hydrogen-bond acceptors (Lipinski definition) is 5. The highest BCUT2D eigenvalue weighted by molar-refractivity contribution is 5.54. The van der Waals surface area contributed by atoms with Crippen molar-refractivity contribution >= 4 is 5.69 Å². The van der Waals surface area contributed by atoms with Crippen molar-refractivity contribution in [2.75, 3.05) is 44.4 Å². The molecule has 0 atom stereocenters. The van der Waals surface area contributed by atoms with E-state index in [1.807, 2.05) is 24.3 Å². The number of aliphatic hydroxyl groups excluding tert-OH is 1. The number of para-hydroxylation sites is 2. The molecule has 1 fully saturated rings. The number of hydrogen-bond donors (Lipinski definition) is 2. The summed E-state index contributed by atoms with van der Waals surface area (Å²) >= 11 is 0. The first-order valence-corrected chi connectivity index (χ1v) is 8.81. The maximum absolute atomic E-state index is 8.94. The molecule has 25 heavy (non-hydrogen) atoms. The summed E-state index contributed by atoms with van der Waals surface area (Å²) in [6.07, 6.45) is 0. The van der Waals surface area contributed by atoms with Crippen LogP contribution < -0.4 is 15.0 Å². The third-order valence-corrected chi connectivity index (χ3v) is 4.30. The highest BCUT2D eigenvalue weighted by atomic mass is 16.5. The summed E-state index contributed by atoms with van der Waals surface area (Å²) in [4.78, 5) is 2.39. The zero-order valence-corrected chi connectivity index (χ0v) is 14.5. The van der Waals surface area contributed by atoms with Gasteiger partial charge in [0.15, 0.2) is 0 Å². The topological polar surface area (TPSA) is 54.0 Å². The summed E-state index contributed by atoms with van der Waals surface area (Å²) in [6, 6.07) is 16.5. The van der Waals surface area contributed by atoms with E-state index >= 15 is 0 Å². The molecule has 0 spiro atoms. The maximum Gasteiger partial charge on any atom is 0.123 e. The molecule has 0 unspecified atom stereocenters. The predicted octanol–water partition coefficient (Wildman–Crippen LogP) is 2.18. The van der Waals surface area contributed by atoms with Crippen molar-refractivity contribution in [2.45, 2.75) is 13.1 Å². The molecule has 0 saturated carbocycles. The first kappa shape index (κ1) is 17.7. The number of nitrogens with zero attached hydrogens (tertiary/aromatic N) is 1. The molecular formula is C20H26N2O3. The molecule has 0 bridgehead atoms. The van der Waals surface area contributed by atoms with Crippen LogP contribution in [0.4, 0.5) is 5.69 Å².